The van der Waals surface area contributed by atoms with Crippen molar-refractivity contribution in [3.63, 3.8) is 0 Å². The zero-order chi connectivity index (χ0) is 39.8. The summed E-state index contributed by atoms with van der Waals surface area (Å²) in [6.07, 6.45) is 6.46. The topological polar surface area (TPSA) is 8.17 Å². The van der Waals surface area contributed by atoms with Gasteiger partial charge in [0, 0.05) is 33.2 Å². The molecule has 1 saturated carbocycles. The second-order valence-electron chi connectivity index (χ2n) is 16.3. The third-order valence-corrected chi connectivity index (χ3v) is 12.8. The molecule has 1 fully saturated rings. The van der Waals surface area contributed by atoms with Crippen LogP contribution in [0.3, 0.4) is 0 Å². The van der Waals surface area contributed by atoms with Gasteiger partial charge in [0.2, 0.25) is 0 Å². The summed E-state index contributed by atoms with van der Waals surface area (Å²) in [6.45, 7) is 0. The second-order valence-corrected chi connectivity index (χ2v) is 16.3. The highest BCUT2D eigenvalue weighted by Crippen LogP contribution is 2.50. The van der Waals surface area contributed by atoms with Gasteiger partial charge in [0.25, 0.3) is 0 Å². The fraction of sp³-hybridized carbons (Fsp3) is 0.103. The minimum atomic E-state index is 0.577. The van der Waals surface area contributed by atoms with Crippen molar-refractivity contribution in [2.24, 2.45) is 0 Å². The maximum Gasteiger partial charge on any atom is 0.0547 e. The molecule has 9 aromatic carbocycles. The van der Waals surface area contributed by atoms with Crippen LogP contribution in [0.2, 0.25) is 0 Å². The van der Waals surface area contributed by atoms with Crippen molar-refractivity contribution in [3.05, 3.63) is 218 Å². The van der Waals surface area contributed by atoms with E-state index in [4.69, 9.17) is 0 Å². The fourth-order valence-electron chi connectivity index (χ4n) is 10.1. The average Bonchev–Trinajstić information content (AvgIpc) is 3.66. The molecule has 11 rings (SSSR count). The summed E-state index contributed by atoms with van der Waals surface area (Å²) in [5.74, 6) is 0.577. The van der Waals surface area contributed by atoms with Gasteiger partial charge in [0.15, 0.2) is 0 Å². The molecule has 0 atom stereocenters. The Morgan fingerprint density at radius 2 is 0.933 bits per heavy atom. The molecule has 10 aromatic rings. The molecule has 0 amide bonds. The molecule has 1 aromatic heterocycles. The van der Waals surface area contributed by atoms with E-state index in [9.17, 15) is 0 Å². The Labute approximate surface area is 352 Å². The lowest BCUT2D eigenvalue weighted by molar-refractivity contribution is 0.445. The van der Waals surface area contributed by atoms with Crippen molar-refractivity contribution in [2.45, 2.75) is 38.0 Å². The number of hydrogen-bond donors (Lipinski definition) is 0. The molecule has 1 heterocycles. The number of hydrogen-bond acceptors (Lipinski definition) is 1. The van der Waals surface area contributed by atoms with Crippen molar-refractivity contribution in [3.8, 4) is 39.1 Å². The number of para-hydroxylation sites is 5. The molecule has 60 heavy (non-hydrogen) atoms. The van der Waals surface area contributed by atoms with Crippen LogP contribution in [-0.4, -0.2) is 4.57 Å². The Bertz CT molecular complexity index is 3130. The summed E-state index contributed by atoms with van der Waals surface area (Å²) in [4.78, 5) is 2.53. The highest BCUT2D eigenvalue weighted by atomic mass is 15.1. The van der Waals surface area contributed by atoms with Crippen LogP contribution in [0.15, 0.2) is 212 Å². The van der Waals surface area contributed by atoms with Crippen molar-refractivity contribution in [1.29, 1.82) is 0 Å². The summed E-state index contributed by atoms with van der Waals surface area (Å²) in [5, 5.41) is 5.20. The SMILES string of the molecule is c1ccc(-c2ccccc2N(c2ccccc2-c2ccc3c4ccccc4n(-c4ccccc4)c3c2)c2ccccc2-c2cccc3cccc(C4CCCCC4)c23)cc1. The van der Waals surface area contributed by atoms with E-state index in [1.54, 1.807) is 0 Å². The lowest BCUT2D eigenvalue weighted by Gasteiger charge is -2.32. The quantitative estimate of drug-likeness (QED) is 0.149. The highest BCUT2D eigenvalue weighted by Gasteiger charge is 2.26. The Hall–Kier alpha value is -7.16. The number of fused-ring (bicyclic) bond motifs is 4. The first-order valence-electron chi connectivity index (χ1n) is 21.6. The van der Waals surface area contributed by atoms with E-state index in [-0.39, 0.29) is 0 Å². The van der Waals surface area contributed by atoms with E-state index >= 15 is 0 Å². The number of rotatable bonds is 8. The van der Waals surface area contributed by atoms with Gasteiger partial charge in [0.1, 0.15) is 0 Å². The fourth-order valence-corrected chi connectivity index (χ4v) is 10.1. The minimum absolute atomic E-state index is 0.577. The third kappa shape index (κ3) is 6.28. The van der Waals surface area contributed by atoms with Crippen LogP contribution in [0.1, 0.15) is 43.6 Å². The van der Waals surface area contributed by atoms with Crippen LogP contribution in [-0.2, 0) is 0 Å². The molecular weight excluding hydrogens is 725 g/mol. The standard InChI is InChI=1S/C58H46N2/c1-4-20-41(21-5-1)46-28-10-14-34-53(46)60(56-37-17-13-31-50(56)52-33-19-25-43-24-18-32-48(58(43)52)42-22-6-2-7-23-42)54-35-15-11-29-47(54)44-38-39-51-49-30-12-16-36-55(49)59(57(51)40-44)45-26-8-3-9-27-45/h1,3-5,8-21,24-40,42H,2,6-7,22-23H2. The van der Waals surface area contributed by atoms with E-state index in [0.717, 1.165) is 22.7 Å². The number of benzene rings is 9. The largest absolute Gasteiger partial charge is 0.309 e. The Morgan fingerprint density at radius 1 is 0.383 bits per heavy atom. The zero-order valence-electron chi connectivity index (χ0n) is 33.7. The van der Waals surface area contributed by atoms with Crippen LogP contribution in [0.4, 0.5) is 17.1 Å². The first-order valence-corrected chi connectivity index (χ1v) is 21.6. The van der Waals surface area contributed by atoms with Crippen LogP contribution in [0, 0.1) is 0 Å². The molecule has 0 spiro atoms. The van der Waals surface area contributed by atoms with Gasteiger partial charge < -0.3 is 9.47 Å². The second kappa shape index (κ2) is 15.5. The summed E-state index contributed by atoms with van der Waals surface area (Å²) >= 11 is 0. The van der Waals surface area contributed by atoms with Gasteiger partial charge in [0.05, 0.1) is 28.1 Å². The first-order chi connectivity index (χ1) is 29.8. The molecule has 1 aliphatic rings. The zero-order valence-corrected chi connectivity index (χ0v) is 33.7. The van der Waals surface area contributed by atoms with Gasteiger partial charge in [-0.05, 0) is 94.3 Å². The van der Waals surface area contributed by atoms with Crippen LogP contribution >= 0.6 is 0 Å². The van der Waals surface area contributed by atoms with E-state index in [1.807, 2.05) is 0 Å². The van der Waals surface area contributed by atoms with E-state index in [0.29, 0.717) is 5.92 Å². The summed E-state index contributed by atoms with van der Waals surface area (Å²) in [6, 6.07) is 78.3. The van der Waals surface area contributed by atoms with Crippen molar-refractivity contribution in [1.82, 2.24) is 4.57 Å². The molecular formula is C58H46N2. The maximum atomic E-state index is 2.53. The van der Waals surface area contributed by atoms with Gasteiger partial charge >= 0.3 is 0 Å². The number of aromatic nitrogens is 1. The van der Waals surface area contributed by atoms with Gasteiger partial charge in [-0.1, -0.05) is 189 Å². The molecule has 0 saturated heterocycles. The Balaban J connectivity index is 1.17. The lowest BCUT2D eigenvalue weighted by atomic mass is 9.80. The monoisotopic (exact) mass is 770 g/mol. The molecule has 2 heteroatoms. The lowest BCUT2D eigenvalue weighted by Crippen LogP contribution is -2.14. The molecule has 0 N–H and O–H groups in total. The van der Waals surface area contributed by atoms with E-state index in [1.165, 1.54) is 104 Å². The predicted molar refractivity (Wildman–Crippen MR) is 255 cm³/mol. The van der Waals surface area contributed by atoms with Gasteiger partial charge in [-0.25, -0.2) is 0 Å². The molecule has 288 valence electrons. The molecule has 0 unspecified atom stereocenters. The van der Waals surface area contributed by atoms with Crippen LogP contribution in [0.5, 0.6) is 0 Å². The van der Waals surface area contributed by atoms with E-state index < -0.39 is 0 Å². The molecule has 1 aliphatic carbocycles. The van der Waals surface area contributed by atoms with Gasteiger partial charge in [-0.3, -0.25) is 0 Å². The van der Waals surface area contributed by atoms with Crippen molar-refractivity contribution >= 4 is 49.6 Å². The van der Waals surface area contributed by atoms with Crippen molar-refractivity contribution in [2.75, 3.05) is 4.90 Å². The number of anilines is 3. The normalized spacial score (nSPS) is 13.3. The molecule has 2 nitrogen and oxygen atoms in total. The summed E-state index contributed by atoms with van der Waals surface area (Å²) < 4.78 is 2.42. The van der Waals surface area contributed by atoms with Gasteiger partial charge in [-0.2, -0.15) is 0 Å². The molecule has 0 bridgehead atoms. The average molecular weight is 771 g/mol. The molecule has 0 radical (unpaired) electrons. The van der Waals surface area contributed by atoms with E-state index in [2.05, 4.69) is 222 Å². The maximum absolute atomic E-state index is 2.53. The van der Waals surface area contributed by atoms with Gasteiger partial charge in [-0.15, -0.1) is 0 Å². The summed E-state index contributed by atoms with van der Waals surface area (Å²) in [7, 11) is 0. The number of nitrogens with zero attached hydrogens (tertiary/aromatic N) is 2. The Kier molecular flexibility index (Phi) is 9.32. The summed E-state index contributed by atoms with van der Waals surface area (Å²) in [5.41, 5.74) is 15.7. The predicted octanol–water partition coefficient (Wildman–Crippen LogP) is 16.5. The Morgan fingerprint density at radius 3 is 1.67 bits per heavy atom. The van der Waals surface area contributed by atoms with Crippen LogP contribution in [0.25, 0.3) is 71.6 Å². The van der Waals surface area contributed by atoms with Crippen LogP contribution < -0.4 is 4.90 Å². The van der Waals surface area contributed by atoms with Crippen molar-refractivity contribution < 1.29 is 0 Å². The molecule has 0 aliphatic heterocycles. The minimum Gasteiger partial charge on any atom is -0.309 e. The first kappa shape index (κ1) is 36.0. The highest BCUT2D eigenvalue weighted by molar-refractivity contribution is 6.11. The third-order valence-electron chi connectivity index (χ3n) is 12.8. The smallest absolute Gasteiger partial charge is 0.0547 e.